The van der Waals surface area contributed by atoms with Gasteiger partial charge in [-0.25, -0.2) is 0 Å². The van der Waals surface area contributed by atoms with Crippen LogP contribution in [0.15, 0.2) is 35.1 Å². The monoisotopic (exact) mass is 253 g/mol. The summed E-state index contributed by atoms with van der Waals surface area (Å²) in [5, 5.41) is 0. The largest absolute Gasteiger partial charge is 0.315 e. The summed E-state index contributed by atoms with van der Waals surface area (Å²) in [6, 6.07) is 10.3. The lowest BCUT2D eigenvalue weighted by Crippen LogP contribution is -2.27. The van der Waals surface area contributed by atoms with Crippen molar-refractivity contribution in [3.63, 3.8) is 0 Å². The lowest BCUT2D eigenvalue weighted by Gasteiger charge is -2.24. The van der Waals surface area contributed by atoms with Gasteiger partial charge < -0.3 is 4.57 Å². The molecule has 1 aliphatic carbocycles. The lowest BCUT2D eigenvalue weighted by molar-refractivity contribution is 0.622. The van der Waals surface area contributed by atoms with Gasteiger partial charge in [-0.15, -0.1) is 0 Å². The average Bonchev–Trinajstić information content (AvgIpc) is 2.46. The van der Waals surface area contributed by atoms with E-state index in [4.69, 9.17) is 0 Å². The highest BCUT2D eigenvalue weighted by atomic mass is 16.1. The molecule has 0 unspecified atom stereocenters. The standard InChI is InChI=1S/C17H19NO/c1-12-16(13-8-4-3-5-9-13)14-10-6-7-11-15(14)18(2)17(12)19/h3-5,8-9H,6-7,10-11H2,1-2H3. The minimum absolute atomic E-state index is 0.152. The van der Waals surface area contributed by atoms with Gasteiger partial charge >= 0.3 is 0 Å². The molecule has 0 radical (unpaired) electrons. The number of fused-ring (bicyclic) bond motifs is 1. The first kappa shape index (κ1) is 12.2. The van der Waals surface area contributed by atoms with E-state index in [-0.39, 0.29) is 5.56 Å². The zero-order chi connectivity index (χ0) is 13.4. The molecule has 1 aromatic carbocycles. The highest BCUT2D eigenvalue weighted by Gasteiger charge is 2.20. The molecule has 0 fully saturated rings. The van der Waals surface area contributed by atoms with Gasteiger partial charge in [0, 0.05) is 18.3 Å². The molecule has 0 saturated heterocycles. The van der Waals surface area contributed by atoms with Crippen LogP contribution in [0.2, 0.25) is 0 Å². The summed E-state index contributed by atoms with van der Waals surface area (Å²) >= 11 is 0. The molecule has 2 nitrogen and oxygen atoms in total. The quantitative estimate of drug-likeness (QED) is 0.764. The smallest absolute Gasteiger partial charge is 0.254 e. The number of pyridine rings is 1. The second-order valence-corrected chi connectivity index (χ2v) is 5.36. The Kier molecular flexibility index (Phi) is 3.02. The molecule has 98 valence electrons. The van der Waals surface area contributed by atoms with Crippen LogP contribution in [0.3, 0.4) is 0 Å². The van der Waals surface area contributed by atoms with E-state index in [1.165, 1.54) is 35.2 Å². The van der Waals surface area contributed by atoms with Crippen LogP contribution in [-0.2, 0) is 19.9 Å². The van der Waals surface area contributed by atoms with Gasteiger partial charge in [-0.05, 0) is 49.3 Å². The fourth-order valence-corrected chi connectivity index (χ4v) is 3.23. The summed E-state index contributed by atoms with van der Waals surface area (Å²) in [7, 11) is 1.91. The van der Waals surface area contributed by atoms with E-state index < -0.39 is 0 Å². The molecule has 0 N–H and O–H groups in total. The molecule has 0 bridgehead atoms. The van der Waals surface area contributed by atoms with Crippen molar-refractivity contribution in [1.82, 2.24) is 4.57 Å². The third-order valence-electron chi connectivity index (χ3n) is 4.21. The fourth-order valence-electron chi connectivity index (χ4n) is 3.23. The van der Waals surface area contributed by atoms with Crippen LogP contribution in [0.25, 0.3) is 11.1 Å². The number of hydrogen-bond acceptors (Lipinski definition) is 1. The van der Waals surface area contributed by atoms with Crippen molar-refractivity contribution in [3.8, 4) is 11.1 Å². The van der Waals surface area contributed by atoms with Crippen LogP contribution < -0.4 is 5.56 Å². The molecule has 0 aliphatic heterocycles. The van der Waals surface area contributed by atoms with Crippen molar-refractivity contribution >= 4 is 0 Å². The summed E-state index contributed by atoms with van der Waals surface area (Å²) in [6.07, 6.45) is 4.54. The van der Waals surface area contributed by atoms with Gasteiger partial charge in [0.15, 0.2) is 0 Å². The first-order chi connectivity index (χ1) is 9.20. The Bertz CT molecular complexity index is 668. The first-order valence-corrected chi connectivity index (χ1v) is 6.97. The summed E-state index contributed by atoms with van der Waals surface area (Å²) in [4.78, 5) is 12.4. The number of hydrogen-bond donors (Lipinski definition) is 0. The van der Waals surface area contributed by atoms with Crippen molar-refractivity contribution in [2.24, 2.45) is 7.05 Å². The van der Waals surface area contributed by atoms with Gasteiger partial charge in [0.2, 0.25) is 0 Å². The number of aromatic nitrogens is 1. The van der Waals surface area contributed by atoms with Gasteiger partial charge in [0.1, 0.15) is 0 Å². The van der Waals surface area contributed by atoms with Gasteiger partial charge in [-0.1, -0.05) is 30.3 Å². The van der Waals surface area contributed by atoms with E-state index in [0.717, 1.165) is 18.4 Å². The molecule has 2 heteroatoms. The zero-order valence-corrected chi connectivity index (χ0v) is 11.6. The Morgan fingerprint density at radius 1 is 1.05 bits per heavy atom. The maximum absolute atomic E-state index is 12.4. The highest BCUT2D eigenvalue weighted by Crippen LogP contribution is 2.32. The minimum atomic E-state index is 0.152. The summed E-state index contributed by atoms with van der Waals surface area (Å²) in [5.41, 5.74) is 6.01. The maximum atomic E-state index is 12.4. The second-order valence-electron chi connectivity index (χ2n) is 5.36. The van der Waals surface area contributed by atoms with Crippen LogP contribution in [0.1, 0.15) is 29.7 Å². The molecule has 1 aromatic heterocycles. The van der Waals surface area contributed by atoms with Crippen molar-refractivity contribution in [1.29, 1.82) is 0 Å². The van der Waals surface area contributed by atoms with E-state index in [1.54, 1.807) is 0 Å². The highest BCUT2D eigenvalue weighted by molar-refractivity contribution is 5.71. The topological polar surface area (TPSA) is 22.0 Å². The van der Waals surface area contributed by atoms with Crippen molar-refractivity contribution < 1.29 is 0 Å². The number of nitrogens with zero attached hydrogens (tertiary/aromatic N) is 1. The SMILES string of the molecule is Cc1c(-c2ccccc2)c2c(n(C)c1=O)CCCC2. The molecule has 3 rings (SSSR count). The third kappa shape index (κ3) is 1.92. The second kappa shape index (κ2) is 4.69. The predicted molar refractivity (Wildman–Crippen MR) is 78.5 cm³/mol. The van der Waals surface area contributed by atoms with Gasteiger partial charge in [-0.2, -0.15) is 0 Å². The molecule has 19 heavy (non-hydrogen) atoms. The summed E-state index contributed by atoms with van der Waals surface area (Å²) < 4.78 is 1.86. The lowest BCUT2D eigenvalue weighted by atomic mass is 9.87. The molecular weight excluding hydrogens is 234 g/mol. The summed E-state index contributed by atoms with van der Waals surface area (Å²) in [5.74, 6) is 0. The Hall–Kier alpha value is -1.83. The van der Waals surface area contributed by atoms with Gasteiger partial charge in [0.25, 0.3) is 5.56 Å². The van der Waals surface area contributed by atoms with Crippen LogP contribution in [0.4, 0.5) is 0 Å². The Labute approximate surface area is 113 Å². The van der Waals surface area contributed by atoms with Crippen LogP contribution in [-0.4, -0.2) is 4.57 Å². The van der Waals surface area contributed by atoms with E-state index in [2.05, 4.69) is 12.1 Å². The van der Waals surface area contributed by atoms with E-state index >= 15 is 0 Å². The fraction of sp³-hybridized carbons (Fsp3) is 0.353. The Balaban J connectivity index is 2.36. The zero-order valence-electron chi connectivity index (χ0n) is 11.6. The average molecular weight is 253 g/mol. The van der Waals surface area contributed by atoms with Crippen molar-refractivity contribution in [3.05, 3.63) is 57.5 Å². The first-order valence-electron chi connectivity index (χ1n) is 6.97. The van der Waals surface area contributed by atoms with E-state index in [1.807, 2.05) is 36.7 Å². The molecule has 0 amide bonds. The predicted octanol–water partition coefficient (Wildman–Crippen LogP) is 3.24. The maximum Gasteiger partial charge on any atom is 0.254 e. The normalized spacial score (nSPS) is 14.2. The van der Waals surface area contributed by atoms with Crippen molar-refractivity contribution in [2.45, 2.75) is 32.6 Å². The molecule has 0 saturated carbocycles. The number of benzene rings is 1. The molecule has 1 heterocycles. The Morgan fingerprint density at radius 2 is 1.74 bits per heavy atom. The molecule has 0 spiro atoms. The third-order valence-corrected chi connectivity index (χ3v) is 4.21. The number of rotatable bonds is 1. The van der Waals surface area contributed by atoms with Crippen LogP contribution in [0.5, 0.6) is 0 Å². The molecule has 1 aliphatic rings. The molecular formula is C17H19NO. The van der Waals surface area contributed by atoms with E-state index in [9.17, 15) is 4.79 Å². The van der Waals surface area contributed by atoms with E-state index in [0.29, 0.717) is 0 Å². The molecule has 0 atom stereocenters. The van der Waals surface area contributed by atoms with Crippen molar-refractivity contribution in [2.75, 3.05) is 0 Å². The van der Waals surface area contributed by atoms with Crippen LogP contribution >= 0.6 is 0 Å². The Morgan fingerprint density at radius 3 is 2.47 bits per heavy atom. The summed E-state index contributed by atoms with van der Waals surface area (Å²) in [6.45, 7) is 1.96. The minimum Gasteiger partial charge on any atom is -0.315 e. The van der Waals surface area contributed by atoms with Gasteiger partial charge in [0.05, 0.1) is 0 Å². The van der Waals surface area contributed by atoms with Gasteiger partial charge in [-0.3, -0.25) is 4.79 Å². The molecule has 2 aromatic rings. The van der Waals surface area contributed by atoms with Crippen LogP contribution in [0, 0.1) is 6.92 Å².